The van der Waals surface area contributed by atoms with E-state index in [4.69, 9.17) is 0 Å². The van der Waals surface area contributed by atoms with E-state index in [1.54, 1.807) is 12.1 Å². The lowest BCUT2D eigenvalue weighted by Gasteiger charge is -2.18. The van der Waals surface area contributed by atoms with Gasteiger partial charge in [0, 0.05) is 5.56 Å². The second kappa shape index (κ2) is 3.48. The van der Waals surface area contributed by atoms with Crippen LogP contribution >= 0.6 is 0 Å². The van der Waals surface area contributed by atoms with Crippen molar-refractivity contribution >= 4 is 5.78 Å². The van der Waals surface area contributed by atoms with Crippen molar-refractivity contribution in [2.24, 2.45) is 0 Å². The third-order valence-corrected chi connectivity index (χ3v) is 3.02. The van der Waals surface area contributed by atoms with Gasteiger partial charge in [0.05, 0.1) is 5.56 Å². The molecule has 3 heteroatoms. The van der Waals surface area contributed by atoms with Crippen molar-refractivity contribution < 1.29 is 13.6 Å². The standard InChI is InChI=1S/C14H8F2O/c15-10-4-5-11-9(7-10)6-8-2-1-3-12(16)13(8)14(11)17/h1-5,7H,6H2. The maximum absolute atomic E-state index is 13.6. The molecule has 2 aromatic rings. The molecular formula is C14H8F2O. The first-order valence-electron chi connectivity index (χ1n) is 5.27. The molecule has 84 valence electrons. The highest BCUT2D eigenvalue weighted by Crippen LogP contribution is 2.29. The first-order chi connectivity index (χ1) is 8.16. The Bertz CT molecular complexity index is 632. The molecule has 0 atom stereocenters. The van der Waals surface area contributed by atoms with Crippen LogP contribution in [-0.2, 0) is 6.42 Å². The van der Waals surface area contributed by atoms with Gasteiger partial charge < -0.3 is 0 Å². The number of carbonyl (C=O) groups is 1. The molecular weight excluding hydrogens is 222 g/mol. The monoisotopic (exact) mass is 230 g/mol. The summed E-state index contributed by atoms with van der Waals surface area (Å²) >= 11 is 0. The van der Waals surface area contributed by atoms with Crippen LogP contribution in [0.5, 0.6) is 0 Å². The van der Waals surface area contributed by atoms with Crippen LogP contribution < -0.4 is 0 Å². The molecule has 3 rings (SSSR count). The number of hydrogen-bond acceptors (Lipinski definition) is 1. The fraction of sp³-hybridized carbons (Fsp3) is 0.0714. The van der Waals surface area contributed by atoms with E-state index in [0.29, 0.717) is 23.1 Å². The lowest BCUT2D eigenvalue weighted by molar-refractivity contribution is 0.103. The molecule has 1 nitrogen and oxygen atoms in total. The minimum absolute atomic E-state index is 0.117. The first kappa shape index (κ1) is 10.1. The van der Waals surface area contributed by atoms with Crippen LogP contribution in [0.15, 0.2) is 36.4 Å². The molecule has 0 aromatic heterocycles. The number of benzene rings is 2. The van der Waals surface area contributed by atoms with E-state index >= 15 is 0 Å². The van der Waals surface area contributed by atoms with Gasteiger partial charge in [-0.2, -0.15) is 0 Å². The lowest BCUT2D eigenvalue weighted by atomic mass is 9.85. The van der Waals surface area contributed by atoms with Crippen LogP contribution in [0.2, 0.25) is 0 Å². The van der Waals surface area contributed by atoms with Crippen molar-refractivity contribution in [2.45, 2.75) is 6.42 Å². The highest BCUT2D eigenvalue weighted by atomic mass is 19.1. The maximum atomic E-state index is 13.6. The number of rotatable bonds is 0. The summed E-state index contributed by atoms with van der Waals surface area (Å²) in [6, 6.07) is 8.51. The second-order valence-electron chi connectivity index (χ2n) is 4.08. The minimum Gasteiger partial charge on any atom is -0.288 e. The van der Waals surface area contributed by atoms with E-state index in [2.05, 4.69) is 0 Å². The first-order valence-corrected chi connectivity index (χ1v) is 5.27. The minimum atomic E-state index is -0.512. The maximum Gasteiger partial charge on any atom is 0.196 e. The van der Waals surface area contributed by atoms with E-state index in [9.17, 15) is 13.6 Å². The van der Waals surface area contributed by atoms with Crippen LogP contribution in [0, 0.1) is 11.6 Å². The molecule has 0 saturated heterocycles. The number of hydrogen-bond donors (Lipinski definition) is 0. The molecule has 0 unspecified atom stereocenters. The van der Waals surface area contributed by atoms with Gasteiger partial charge in [-0.15, -0.1) is 0 Å². The number of fused-ring (bicyclic) bond motifs is 2. The van der Waals surface area contributed by atoms with Gasteiger partial charge in [0.15, 0.2) is 5.78 Å². The average molecular weight is 230 g/mol. The van der Waals surface area contributed by atoms with E-state index in [-0.39, 0.29) is 17.2 Å². The summed E-state index contributed by atoms with van der Waals surface area (Å²) < 4.78 is 26.7. The van der Waals surface area contributed by atoms with Gasteiger partial charge in [0.1, 0.15) is 11.6 Å². The van der Waals surface area contributed by atoms with Crippen LogP contribution in [0.4, 0.5) is 8.78 Å². The van der Waals surface area contributed by atoms with E-state index < -0.39 is 5.82 Å². The molecule has 0 spiro atoms. The molecule has 0 radical (unpaired) electrons. The van der Waals surface area contributed by atoms with Gasteiger partial charge in [0.2, 0.25) is 0 Å². The Morgan fingerprint density at radius 3 is 2.65 bits per heavy atom. The molecule has 17 heavy (non-hydrogen) atoms. The smallest absolute Gasteiger partial charge is 0.196 e. The second-order valence-corrected chi connectivity index (χ2v) is 4.08. The fourth-order valence-electron chi connectivity index (χ4n) is 2.24. The topological polar surface area (TPSA) is 17.1 Å². The summed E-state index contributed by atoms with van der Waals surface area (Å²) in [7, 11) is 0. The molecule has 0 heterocycles. The molecule has 0 aliphatic heterocycles. The molecule has 0 amide bonds. The Morgan fingerprint density at radius 1 is 1.00 bits per heavy atom. The predicted molar refractivity (Wildman–Crippen MR) is 59.0 cm³/mol. The Morgan fingerprint density at radius 2 is 1.82 bits per heavy atom. The molecule has 0 fully saturated rings. The number of carbonyl (C=O) groups excluding carboxylic acids is 1. The Hall–Kier alpha value is -2.03. The van der Waals surface area contributed by atoms with Gasteiger partial charge in [0.25, 0.3) is 0 Å². The molecule has 0 N–H and O–H groups in total. The Labute approximate surface area is 96.7 Å². The SMILES string of the molecule is O=C1c2ccc(F)cc2Cc2cccc(F)c21. The van der Waals surface area contributed by atoms with Crippen molar-refractivity contribution in [1.29, 1.82) is 0 Å². The molecule has 1 aliphatic carbocycles. The zero-order chi connectivity index (χ0) is 12.0. The molecule has 1 aliphatic rings. The normalized spacial score (nSPS) is 13.2. The van der Waals surface area contributed by atoms with Gasteiger partial charge in [-0.1, -0.05) is 12.1 Å². The van der Waals surface area contributed by atoms with E-state index in [1.807, 2.05) is 0 Å². The van der Waals surface area contributed by atoms with Crippen molar-refractivity contribution in [1.82, 2.24) is 0 Å². The number of ketones is 1. The highest BCUT2D eigenvalue weighted by molar-refractivity contribution is 6.12. The van der Waals surface area contributed by atoms with Crippen molar-refractivity contribution in [3.63, 3.8) is 0 Å². The Balaban J connectivity index is 2.25. The summed E-state index contributed by atoms with van der Waals surface area (Å²) in [6.45, 7) is 0. The fourth-order valence-corrected chi connectivity index (χ4v) is 2.24. The van der Waals surface area contributed by atoms with Crippen molar-refractivity contribution in [2.75, 3.05) is 0 Å². The van der Waals surface area contributed by atoms with E-state index in [0.717, 1.165) is 0 Å². The summed E-state index contributed by atoms with van der Waals surface area (Å²) in [5, 5.41) is 0. The van der Waals surface area contributed by atoms with Crippen LogP contribution in [0.1, 0.15) is 27.0 Å². The third-order valence-electron chi connectivity index (χ3n) is 3.02. The van der Waals surface area contributed by atoms with Gasteiger partial charge in [-0.05, 0) is 41.8 Å². The van der Waals surface area contributed by atoms with Crippen LogP contribution in [-0.4, -0.2) is 5.78 Å². The third kappa shape index (κ3) is 1.46. The highest BCUT2D eigenvalue weighted by Gasteiger charge is 2.26. The van der Waals surface area contributed by atoms with Crippen molar-refractivity contribution in [3.05, 3.63) is 70.3 Å². The van der Waals surface area contributed by atoms with Crippen molar-refractivity contribution in [3.8, 4) is 0 Å². The summed E-state index contributed by atoms with van der Waals surface area (Å²) in [4.78, 5) is 12.1. The predicted octanol–water partition coefficient (Wildman–Crippen LogP) is 3.10. The summed E-state index contributed by atoms with van der Waals surface area (Å²) in [5.41, 5.74) is 1.75. The van der Waals surface area contributed by atoms with Gasteiger partial charge in [-0.25, -0.2) is 8.78 Å². The largest absolute Gasteiger partial charge is 0.288 e. The Kier molecular flexibility index (Phi) is 2.08. The zero-order valence-electron chi connectivity index (χ0n) is 8.84. The zero-order valence-corrected chi connectivity index (χ0v) is 8.84. The van der Waals surface area contributed by atoms with Gasteiger partial charge in [-0.3, -0.25) is 4.79 Å². The lowest BCUT2D eigenvalue weighted by Crippen LogP contribution is -2.17. The summed E-state index contributed by atoms with van der Waals surface area (Å²) in [5.74, 6) is -1.25. The molecule has 0 saturated carbocycles. The molecule has 0 bridgehead atoms. The van der Waals surface area contributed by atoms with Gasteiger partial charge >= 0.3 is 0 Å². The number of halogens is 2. The summed E-state index contributed by atoms with van der Waals surface area (Å²) in [6.07, 6.45) is 0.395. The molecule has 2 aromatic carbocycles. The van der Waals surface area contributed by atoms with E-state index in [1.165, 1.54) is 24.3 Å². The van der Waals surface area contributed by atoms with Crippen LogP contribution in [0.3, 0.4) is 0 Å². The quantitative estimate of drug-likeness (QED) is 0.580. The average Bonchev–Trinajstić information content (AvgIpc) is 2.28. The van der Waals surface area contributed by atoms with Crippen LogP contribution in [0.25, 0.3) is 0 Å².